The van der Waals surface area contributed by atoms with Crippen molar-refractivity contribution in [3.63, 3.8) is 0 Å². The summed E-state index contributed by atoms with van der Waals surface area (Å²) in [6.07, 6.45) is -4.56. The van der Waals surface area contributed by atoms with Gasteiger partial charge in [-0.25, -0.2) is 9.37 Å². The molecule has 1 heterocycles. The molecule has 0 radical (unpaired) electrons. The third kappa shape index (κ3) is 2.98. The van der Waals surface area contributed by atoms with E-state index in [1.165, 1.54) is 12.1 Å². The molecule has 1 aromatic heterocycles. The number of nitrogens with zero attached hydrogens (tertiary/aromatic N) is 1. The van der Waals surface area contributed by atoms with Gasteiger partial charge in [0.15, 0.2) is 4.77 Å². The quantitative estimate of drug-likeness (QED) is 0.627. The molecule has 100 valence electrons. The van der Waals surface area contributed by atoms with Crippen LogP contribution >= 0.6 is 12.2 Å². The van der Waals surface area contributed by atoms with E-state index in [0.717, 1.165) is 12.1 Å². The molecule has 0 amide bonds. The molecule has 0 bridgehead atoms. The van der Waals surface area contributed by atoms with Crippen LogP contribution in [0.15, 0.2) is 24.3 Å². The summed E-state index contributed by atoms with van der Waals surface area (Å²) in [6, 6.07) is 4.65. The van der Waals surface area contributed by atoms with Gasteiger partial charge in [-0.05, 0) is 42.9 Å². The van der Waals surface area contributed by atoms with Crippen LogP contribution in [0.3, 0.4) is 0 Å². The van der Waals surface area contributed by atoms with E-state index in [4.69, 9.17) is 0 Å². The van der Waals surface area contributed by atoms with Gasteiger partial charge in [0.25, 0.3) is 0 Å². The first-order chi connectivity index (χ1) is 8.77. The van der Waals surface area contributed by atoms with E-state index in [9.17, 15) is 17.6 Å². The minimum atomic E-state index is -4.56. The van der Waals surface area contributed by atoms with E-state index in [1.807, 2.05) is 4.98 Å². The minimum absolute atomic E-state index is 0.00641. The zero-order chi connectivity index (χ0) is 14.2. The third-order valence-electron chi connectivity index (χ3n) is 2.53. The number of aromatic amines is 1. The highest BCUT2D eigenvalue weighted by Crippen LogP contribution is 2.30. The van der Waals surface area contributed by atoms with Crippen molar-refractivity contribution in [1.82, 2.24) is 9.97 Å². The summed E-state index contributed by atoms with van der Waals surface area (Å²) in [5, 5.41) is 0. The van der Waals surface area contributed by atoms with Gasteiger partial charge in [-0.2, -0.15) is 13.2 Å². The summed E-state index contributed by atoms with van der Waals surface area (Å²) in [4.78, 5) is 5.79. The fourth-order valence-electron chi connectivity index (χ4n) is 1.62. The lowest BCUT2D eigenvalue weighted by Crippen LogP contribution is -2.09. The first-order valence-electron chi connectivity index (χ1n) is 5.22. The zero-order valence-electron chi connectivity index (χ0n) is 9.68. The fourth-order valence-corrected chi connectivity index (χ4v) is 1.83. The maximum atomic E-state index is 13.2. The summed E-state index contributed by atoms with van der Waals surface area (Å²) in [7, 11) is 0. The average molecular weight is 288 g/mol. The summed E-state index contributed by atoms with van der Waals surface area (Å²) in [5.74, 6) is -0.547. The Kier molecular flexibility index (Phi) is 3.40. The molecule has 0 saturated carbocycles. The van der Waals surface area contributed by atoms with E-state index in [1.54, 1.807) is 6.92 Å². The molecule has 7 heteroatoms. The number of aromatic nitrogens is 2. The van der Waals surface area contributed by atoms with Crippen molar-refractivity contribution in [2.45, 2.75) is 13.1 Å². The lowest BCUT2D eigenvalue weighted by atomic mass is 10.0. The first kappa shape index (κ1) is 13.7. The van der Waals surface area contributed by atoms with Crippen LogP contribution in [0.25, 0.3) is 11.3 Å². The number of rotatable bonds is 1. The summed E-state index contributed by atoms with van der Waals surface area (Å²) < 4.78 is 50.9. The van der Waals surface area contributed by atoms with Crippen molar-refractivity contribution in [2.24, 2.45) is 0 Å². The van der Waals surface area contributed by atoms with Gasteiger partial charge in [0.2, 0.25) is 0 Å². The van der Waals surface area contributed by atoms with E-state index < -0.39 is 17.7 Å². The highest BCUT2D eigenvalue weighted by Gasteiger charge is 2.32. The lowest BCUT2D eigenvalue weighted by Gasteiger charge is -2.10. The van der Waals surface area contributed by atoms with Gasteiger partial charge in [-0.15, -0.1) is 0 Å². The summed E-state index contributed by atoms with van der Waals surface area (Å²) in [5.41, 5.74) is -0.118. The normalized spacial score (nSPS) is 11.6. The SMILES string of the molecule is Cc1ccc(F)cc1-c1cc(C(F)(F)F)[nH]c(=S)n1. The molecule has 0 saturated heterocycles. The molecule has 2 nitrogen and oxygen atoms in total. The van der Waals surface area contributed by atoms with Gasteiger partial charge < -0.3 is 4.98 Å². The third-order valence-corrected chi connectivity index (χ3v) is 2.72. The molecule has 0 atom stereocenters. The molecule has 2 aromatic rings. The average Bonchev–Trinajstić information content (AvgIpc) is 2.30. The molecule has 19 heavy (non-hydrogen) atoms. The van der Waals surface area contributed by atoms with Gasteiger partial charge in [-0.3, -0.25) is 0 Å². The van der Waals surface area contributed by atoms with Crippen molar-refractivity contribution < 1.29 is 17.6 Å². The molecule has 1 N–H and O–H groups in total. The molecule has 0 unspecified atom stereocenters. The van der Waals surface area contributed by atoms with Gasteiger partial charge in [0.05, 0.1) is 5.69 Å². The number of alkyl halides is 3. The van der Waals surface area contributed by atoms with E-state index in [-0.39, 0.29) is 16.0 Å². The molecule has 0 aliphatic carbocycles. The number of benzene rings is 1. The number of H-pyrrole nitrogens is 1. The number of aryl methyl sites for hydroxylation is 1. The molecule has 0 fully saturated rings. The maximum absolute atomic E-state index is 13.2. The van der Waals surface area contributed by atoms with Crippen LogP contribution in [0, 0.1) is 17.5 Å². The molecule has 2 rings (SSSR count). The Morgan fingerprint density at radius 1 is 1.21 bits per heavy atom. The van der Waals surface area contributed by atoms with Crippen LogP contribution in [0.4, 0.5) is 17.6 Å². The highest BCUT2D eigenvalue weighted by atomic mass is 32.1. The second-order valence-electron chi connectivity index (χ2n) is 3.94. The second kappa shape index (κ2) is 4.73. The van der Waals surface area contributed by atoms with Gasteiger partial charge in [0.1, 0.15) is 11.5 Å². The standard InChI is InChI=1S/C12H8F4N2S/c1-6-2-3-7(13)4-8(6)9-5-10(12(14,15)16)18-11(19)17-9/h2-5H,1H3,(H,17,18,19). The van der Waals surface area contributed by atoms with E-state index in [2.05, 4.69) is 17.2 Å². The van der Waals surface area contributed by atoms with Crippen LogP contribution in [0.2, 0.25) is 0 Å². The summed E-state index contributed by atoms with van der Waals surface area (Å²) >= 11 is 4.67. The van der Waals surface area contributed by atoms with Crippen LogP contribution in [0.1, 0.15) is 11.3 Å². The number of nitrogens with one attached hydrogen (secondary N) is 1. The van der Waals surface area contributed by atoms with Gasteiger partial charge in [-0.1, -0.05) is 6.07 Å². The van der Waals surface area contributed by atoms with Gasteiger partial charge >= 0.3 is 6.18 Å². The molecule has 0 aliphatic heterocycles. The van der Waals surface area contributed by atoms with E-state index >= 15 is 0 Å². The largest absolute Gasteiger partial charge is 0.431 e. The van der Waals surface area contributed by atoms with Crippen molar-refractivity contribution in [1.29, 1.82) is 0 Å². The molecular formula is C12H8F4N2S. The smallest absolute Gasteiger partial charge is 0.327 e. The number of hydrogen-bond acceptors (Lipinski definition) is 2. The molecular weight excluding hydrogens is 280 g/mol. The molecule has 0 aliphatic rings. The van der Waals surface area contributed by atoms with Crippen LogP contribution in [-0.4, -0.2) is 9.97 Å². The first-order valence-corrected chi connectivity index (χ1v) is 5.63. The second-order valence-corrected chi connectivity index (χ2v) is 4.33. The van der Waals surface area contributed by atoms with Gasteiger partial charge in [0, 0.05) is 5.56 Å². The van der Waals surface area contributed by atoms with Crippen molar-refractivity contribution in [3.8, 4) is 11.3 Å². The molecule has 1 aromatic carbocycles. The van der Waals surface area contributed by atoms with Crippen molar-refractivity contribution in [3.05, 3.63) is 46.1 Å². The topological polar surface area (TPSA) is 28.7 Å². The van der Waals surface area contributed by atoms with Crippen molar-refractivity contribution >= 4 is 12.2 Å². The number of hydrogen-bond donors (Lipinski definition) is 1. The Bertz CT molecular complexity index is 676. The monoisotopic (exact) mass is 288 g/mol. The Labute approximate surface area is 111 Å². The minimum Gasteiger partial charge on any atom is -0.327 e. The van der Waals surface area contributed by atoms with Crippen LogP contribution in [0.5, 0.6) is 0 Å². The maximum Gasteiger partial charge on any atom is 0.431 e. The lowest BCUT2D eigenvalue weighted by molar-refractivity contribution is -0.141. The van der Waals surface area contributed by atoms with E-state index in [0.29, 0.717) is 5.56 Å². The van der Waals surface area contributed by atoms with Crippen LogP contribution in [-0.2, 0) is 6.18 Å². The highest BCUT2D eigenvalue weighted by molar-refractivity contribution is 7.71. The zero-order valence-corrected chi connectivity index (χ0v) is 10.5. The Balaban J connectivity index is 2.66. The fraction of sp³-hybridized carbons (Fsp3) is 0.167. The predicted octanol–water partition coefficient (Wildman–Crippen LogP) is 4.27. The Hall–Kier alpha value is -1.76. The van der Waals surface area contributed by atoms with Crippen LogP contribution < -0.4 is 0 Å². The Morgan fingerprint density at radius 3 is 2.53 bits per heavy atom. The predicted molar refractivity (Wildman–Crippen MR) is 64.6 cm³/mol. The molecule has 0 spiro atoms. The van der Waals surface area contributed by atoms with Crippen molar-refractivity contribution in [2.75, 3.05) is 0 Å². The number of halogens is 4. The Morgan fingerprint density at radius 2 is 1.89 bits per heavy atom. The summed E-state index contributed by atoms with van der Waals surface area (Å²) in [6.45, 7) is 1.66.